The maximum atomic E-state index is 12.8. The Labute approximate surface area is 328 Å². The number of aliphatic hydroxyl groups is 1. The van der Waals surface area contributed by atoms with Gasteiger partial charge in [-0.1, -0.05) is 173 Å². The number of likely N-dealkylation sites (N-methyl/N-ethyl adjacent to an activating group) is 1. The van der Waals surface area contributed by atoms with Crippen molar-refractivity contribution in [3.8, 4) is 0 Å². The molecule has 0 rings (SSSR count). The lowest BCUT2D eigenvalue weighted by Crippen LogP contribution is -2.45. The third kappa shape index (κ3) is 39.0. The molecular formula is C44H88N2O6P+. The second-order valence-corrected chi connectivity index (χ2v) is 17.9. The summed E-state index contributed by atoms with van der Waals surface area (Å²) in [6, 6.07) is -0.844. The van der Waals surface area contributed by atoms with E-state index in [1.165, 1.54) is 141 Å². The number of unbranched alkanes of at least 4 members (excludes halogenated alkanes) is 25. The molecule has 0 aliphatic carbocycles. The smallest absolute Gasteiger partial charge is 0.387 e. The fourth-order valence-corrected chi connectivity index (χ4v) is 7.07. The normalized spacial score (nSPS) is 14.6. The summed E-state index contributed by atoms with van der Waals surface area (Å²) in [5.74, 6) is -0.182. The third-order valence-electron chi connectivity index (χ3n) is 9.92. The maximum absolute atomic E-state index is 12.8. The van der Waals surface area contributed by atoms with Gasteiger partial charge in [-0.25, -0.2) is 4.57 Å². The molecule has 3 N–H and O–H groups in total. The lowest BCUT2D eigenvalue weighted by Gasteiger charge is -2.25. The van der Waals surface area contributed by atoms with E-state index in [-0.39, 0.29) is 19.1 Å². The largest absolute Gasteiger partial charge is 0.472 e. The van der Waals surface area contributed by atoms with Crippen LogP contribution in [-0.2, 0) is 18.4 Å². The molecule has 0 heterocycles. The second kappa shape index (κ2) is 36.6. The topological polar surface area (TPSA) is 105 Å². The molecule has 0 aliphatic heterocycles. The third-order valence-corrected chi connectivity index (χ3v) is 10.9. The SMILES string of the molecule is CCCCCCCCCC/C=C\CCCCCCCCCC(=O)NC(COP(=O)(O)OCC[N+](C)(C)C)C(O)/C=C/CCCCCCCCCCCC. The molecule has 0 aromatic carbocycles. The Morgan fingerprint density at radius 2 is 1.02 bits per heavy atom. The van der Waals surface area contributed by atoms with Gasteiger partial charge < -0.3 is 19.8 Å². The summed E-state index contributed by atoms with van der Waals surface area (Å²) < 4.78 is 23.5. The lowest BCUT2D eigenvalue weighted by molar-refractivity contribution is -0.870. The van der Waals surface area contributed by atoms with Gasteiger partial charge in [0.05, 0.1) is 39.9 Å². The van der Waals surface area contributed by atoms with Crippen LogP contribution >= 0.6 is 7.82 Å². The Morgan fingerprint density at radius 3 is 1.45 bits per heavy atom. The van der Waals surface area contributed by atoms with E-state index in [2.05, 4.69) is 31.3 Å². The van der Waals surface area contributed by atoms with E-state index >= 15 is 0 Å². The number of amides is 1. The molecule has 0 radical (unpaired) electrons. The first-order valence-electron chi connectivity index (χ1n) is 22.2. The van der Waals surface area contributed by atoms with Crippen molar-refractivity contribution in [2.24, 2.45) is 0 Å². The number of phosphoric ester groups is 1. The highest BCUT2D eigenvalue weighted by molar-refractivity contribution is 7.47. The quantitative estimate of drug-likeness (QED) is 0.0248. The van der Waals surface area contributed by atoms with Gasteiger partial charge >= 0.3 is 7.82 Å². The highest BCUT2D eigenvalue weighted by Crippen LogP contribution is 2.43. The van der Waals surface area contributed by atoms with Crippen LogP contribution in [0.5, 0.6) is 0 Å². The molecule has 3 unspecified atom stereocenters. The van der Waals surface area contributed by atoms with Crippen LogP contribution in [0.3, 0.4) is 0 Å². The zero-order valence-corrected chi connectivity index (χ0v) is 36.4. The van der Waals surface area contributed by atoms with Crippen molar-refractivity contribution < 1.29 is 32.9 Å². The molecule has 53 heavy (non-hydrogen) atoms. The first kappa shape index (κ1) is 52.0. The molecule has 0 fully saturated rings. The molecule has 314 valence electrons. The Kier molecular flexibility index (Phi) is 35.9. The molecule has 0 aliphatic rings. The van der Waals surface area contributed by atoms with E-state index in [9.17, 15) is 19.4 Å². The van der Waals surface area contributed by atoms with Crippen molar-refractivity contribution in [2.75, 3.05) is 40.9 Å². The van der Waals surface area contributed by atoms with E-state index in [4.69, 9.17) is 9.05 Å². The van der Waals surface area contributed by atoms with Gasteiger partial charge in [-0.3, -0.25) is 13.8 Å². The highest BCUT2D eigenvalue weighted by Gasteiger charge is 2.27. The number of nitrogens with zero attached hydrogens (tertiary/aromatic N) is 1. The number of nitrogens with one attached hydrogen (secondary N) is 1. The van der Waals surface area contributed by atoms with Crippen molar-refractivity contribution in [3.05, 3.63) is 24.3 Å². The van der Waals surface area contributed by atoms with Crippen LogP contribution in [0.15, 0.2) is 24.3 Å². The molecule has 1 amide bonds. The molecule has 0 saturated carbocycles. The highest BCUT2D eigenvalue weighted by atomic mass is 31.2. The Bertz CT molecular complexity index is 922. The lowest BCUT2D eigenvalue weighted by atomic mass is 10.0. The molecule has 9 heteroatoms. The zero-order chi connectivity index (χ0) is 39.3. The fraction of sp³-hybridized carbons (Fsp3) is 0.886. The number of quaternary nitrogens is 1. The average molecular weight is 772 g/mol. The first-order valence-corrected chi connectivity index (χ1v) is 23.7. The summed E-state index contributed by atoms with van der Waals surface area (Å²) in [5.41, 5.74) is 0. The van der Waals surface area contributed by atoms with Gasteiger partial charge in [-0.05, 0) is 44.9 Å². The molecule has 0 bridgehead atoms. The molecule has 8 nitrogen and oxygen atoms in total. The van der Waals surface area contributed by atoms with Crippen LogP contribution in [0.2, 0.25) is 0 Å². The van der Waals surface area contributed by atoms with Crippen molar-refractivity contribution in [3.63, 3.8) is 0 Å². The maximum Gasteiger partial charge on any atom is 0.472 e. The molecule has 0 aromatic rings. The standard InChI is InChI=1S/C44H87N2O6P/c1-6-8-10-12-14-16-18-20-21-22-23-24-25-26-28-30-32-34-36-38-44(48)45-42(41-52-53(49,50)51-40-39-46(3,4)5)43(47)37-35-33-31-29-27-19-17-15-13-11-9-7-2/h22-23,35,37,42-43,47H,6-21,24-34,36,38-41H2,1-5H3,(H-,45,48,49,50)/p+1/b23-22-,37-35+. The molecule has 0 saturated heterocycles. The summed E-state index contributed by atoms with van der Waals surface area (Å²) in [6.45, 7) is 4.80. The predicted molar refractivity (Wildman–Crippen MR) is 226 cm³/mol. The summed E-state index contributed by atoms with van der Waals surface area (Å²) in [7, 11) is 1.57. The van der Waals surface area contributed by atoms with Gasteiger partial charge in [0, 0.05) is 6.42 Å². The minimum absolute atomic E-state index is 0.0616. The zero-order valence-electron chi connectivity index (χ0n) is 35.5. The number of phosphoric acid groups is 1. The monoisotopic (exact) mass is 772 g/mol. The number of rotatable bonds is 40. The number of carbonyl (C=O) groups is 1. The van der Waals surface area contributed by atoms with Gasteiger partial charge in [0.2, 0.25) is 5.91 Å². The van der Waals surface area contributed by atoms with Gasteiger partial charge in [-0.15, -0.1) is 0 Å². The Hall–Kier alpha value is -1.02. The number of hydrogen-bond acceptors (Lipinski definition) is 5. The minimum Gasteiger partial charge on any atom is -0.387 e. The van der Waals surface area contributed by atoms with E-state index in [1.54, 1.807) is 6.08 Å². The fourth-order valence-electron chi connectivity index (χ4n) is 6.33. The van der Waals surface area contributed by atoms with E-state index in [1.807, 2.05) is 27.2 Å². The van der Waals surface area contributed by atoms with Crippen molar-refractivity contribution in [1.82, 2.24) is 5.32 Å². The molecular weight excluding hydrogens is 683 g/mol. The summed E-state index contributed by atoms with van der Waals surface area (Å²) in [6.07, 6.45) is 42.4. The second-order valence-electron chi connectivity index (χ2n) is 16.4. The summed E-state index contributed by atoms with van der Waals surface area (Å²) >= 11 is 0. The van der Waals surface area contributed by atoms with Crippen LogP contribution < -0.4 is 5.32 Å². The van der Waals surface area contributed by atoms with Crippen molar-refractivity contribution in [1.29, 1.82) is 0 Å². The van der Waals surface area contributed by atoms with Gasteiger partial charge in [0.15, 0.2) is 0 Å². The Balaban J connectivity index is 4.37. The summed E-state index contributed by atoms with van der Waals surface area (Å²) in [5, 5.41) is 13.8. The average Bonchev–Trinajstić information content (AvgIpc) is 3.10. The van der Waals surface area contributed by atoms with E-state index in [0.29, 0.717) is 17.4 Å². The Morgan fingerprint density at radius 1 is 0.623 bits per heavy atom. The van der Waals surface area contributed by atoms with Crippen molar-refractivity contribution in [2.45, 2.75) is 212 Å². The van der Waals surface area contributed by atoms with Crippen LogP contribution in [0.1, 0.15) is 200 Å². The molecule has 0 spiro atoms. The molecule has 3 atom stereocenters. The van der Waals surface area contributed by atoms with Gasteiger partial charge in [0.1, 0.15) is 13.2 Å². The van der Waals surface area contributed by atoms with Crippen molar-refractivity contribution >= 4 is 13.7 Å². The minimum atomic E-state index is -4.33. The van der Waals surface area contributed by atoms with Crippen LogP contribution in [0.25, 0.3) is 0 Å². The predicted octanol–water partition coefficient (Wildman–Crippen LogP) is 12.1. The van der Waals surface area contributed by atoms with Crippen LogP contribution in [0.4, 0.5) is 0 Å². The van der Waals surface area contributed by atoms with Crippen LogP contribution in [-0.4, -0.2) is 73.4 Å². The van der Waals surface area contributed by atoms with E-state index in [0.717, 1.165) is 38.5 Å². The summed E-state index contributed by atoms with van der Waals surface area (Å²) in [4.78, 5) is 23.1. The number of hydrogen-bond donors (Lipinski definition) is 3. The number of carbonyl (C=O) groups excluding carboxylic acids is 1. The van der Waals surface area contributed by atoms with Crippen LogP contribution in [0, 0.1) is 0 Å². The molecule has 0 aromatic heterocycles. The first-order chi connectivity index (χ1) is 25.5. The number of allylic oxidation sites excluding steroid dienone is 3. The number of aliphatic hydroxyl groups excluding tert-OH is 1. The van der Waals surface area contributed by atoms with E-state index < -0.39 is 20.0 Å². The van der Waals surface area contributed by atoms with Gasteiger partial charge in [-0.2, -0.15) is 0 Å². The van der Waals surface area contributed by atoms with Gasteiger partial charge in [0.25, 0.3) is 0 Å².